The van der Waals surface area contributed by atoms with Gasteiger partial charge in [-0.1, -0.05) is 19.3 Å². The highest BCUT2D eigenvalue weighted by atomic mass is 15.3. The first-order chi connectivity index (χ1) is 10.3. The van der Waals surface area contributed by atoms with Crippen LogP contribution in [0.1, 0.15) is 49.5 Å². The van der Waals surface area contributed by atoms with E-state index in [0.717, 1.165) is 30.9 Å². The van der Waals surface area contributed by atoms with Crippen molar-refractivity contribution in [2.75, 3.05) is 13.6 Å². The van der Waals surface area contributed by atoms with Gasteiger partial charge in [-0.25, -0.2) is 4.98 Å². The Morgan fingerprint density at radius 3 is 2.90 bits per heavy atom. The fourth-order valence-corrected chi connectivity index (χ4v) is 3.07. The second-order valence-electron chi connectivity index (χ2n) is 5.97. The topological polar surface area (TPSA) is 47.7 Å². The minimum atomic E-state index is 0.612. The fraction of sp³-hybridized carbons (Fsp3) is 0.625. The van der Waals surface area contributed by atoms with Gasteiger partial charge in [0.05, 0.1) is 30.3 Å². The van der Waals surface area contributed by atoms with Crippen LogP contribution in [0, 0.1) is 0 Å². The number of rotatable bonds is 6. The molecule has 0 amide bonds. The maximum Gasteiger partial charge on any atom is 0.0953 e. The lowest BCUT2D eigenvalue weighted by Gasteiger charge is -2.21. The summed E-state index contributed by atoms with van der Waals surface area (Å²) in [7, 11) is 1.97. The molecule has 114 valence electrons. The van der Waals surface area contributed by atoms with Crippen LogP contribution in [0.2, 0.25) is 0 Å². The van der Waals surface area contributed by atoms with Gasteiger partial charge in [0.15, 0.2) is 0 Å². The van der Waals surface area contributed by atoms with Crippen molar-refractivity contribution in [2.24, 2.45) is 0 Å². The molecule has 5 nitrogen and oxygen atoms in total. The molecule has 0 aliphatic heterocycles. The predicted octanol–water partition coefficient (Wildman–Crippen LogP) is 2.40. The van der Waals surface area contributed by atoms with Gasteiger partial charge in [0.1, 0.15) is 0 Å². The van der Waals surface area contributed by atoms with E-state index in [4.69, 9.17) is 5.10 Å². The third-order valence-electron chi connectivity index (χ3n) is 4.27. The van der Waals surface area contributed by atoms with Crippen LogP contribution in [0.4, 0.5) is 0 Å². The molecule has 21 heavy (non-hydrogen) atoms. The molecule has 0 bridgehead atoms. The van der Waals surface area contributed by atoms with Crippen molar-refractivity contribution in [3.8, 4) is 0 Å². The smallest absolute Gasteiger partial charge is 0.0953 e. The summed E-state index contributed by atoms with van der Waals surface area (Å²) in [5.41, 5.74) is 2.26. The summed E-state index contributed by atoms with van der Waals surface area (Å²) in [6.07, 6.45) is 13.8. The van der Waals surface area contributed by atoms with E-state index in [-0.39, 0.29) is 0 Å². The third kappa shape index (κ3) is 3.73. The molecule has 1 fully saturated rings. The second-order valence-corrected chi connectivity index (χ2v) is 5.97. The van der Waals surface area contributed by atoms with Crippen LogP contribution in [-0.4, -0.2) is 32.9 Å². The zero-order valence-electron chi connectivity index (χ0n) is 12.8. The van der Waals surface area contributed by atoms with Crippen LogP contribution in [0.3, 0.4) is 0 Å². The molecule has 3 rings (SSSR count). The average Bonchev–Trinajstić information content (AvgIpc) is 3.16. The molecule has 0 saturated heterocycles. The maximum atomic E-state index is 4.76. The Morgan fingerprint density at radius 1 is 1.24 bits per heavy atom. The molecular formula is C16H25N5. The third-order valence-corrected chi connectivity index (χ3v) is 4.27. The van der Waals surface area contributed by atoms with E-state index in [1.165, 1.54) is 32.1 Å². The predicted molar refractivity (Wildman–Crippen MR) is 83.3 cm³/mol. The molecule has 0 spiro atoms. The minimum Gasteiger partial charge on any atom is -0.331 e. The molecule has 1 saturated carbocycles. The van der Waals surface area contributed by atoms with Crippen LogP contribution < -0.4 is 5.32 Å². The Morgan fingerprint density at radius 2 is 2.10 bits per heavy atom. The molecule has 0 aromatic carbocycles. The summed E-state index contributed by atoms with van der Waals surface area (Å²) in [6.45, 7) is 1.78. The Labute approximate surface area is 126 Å². The van der Waals surface area contributed by atoms with E-state index in [1.807, 2.05) is 13.4 Å². The number of likely N-dealkylation sites (N-methyl/N-ethyl adjacent to an activating group) is 1. The molecule has 5 heteroatoms. The molecule has 1 N–H and O–H groups in total. The summed E-state index contributed by atoms with van der Waals surface area (Å²) < 4.78 is 4.30. The SMILES string of the molecule is CNCCc1cn(Cc2ccn(C3CCCCC3)n2)cn1. The Bertz CT molecular complexity index is 551. The van der Waals surface area contributed by atoms with Crippen molar-refractivity contribution in [1.82, 2.24) is 24.6 Å². The van der Waals surface area contributed by atoms with Gasteiger partial charge in [-0.3, -0.25) is 4.68 Å². The average molecular weight is 287 g/mol. The lowest BCUT2D eigenvalue weighted by Crippen LogP contribution is -2.13. The molecule has 0 radical (unpaired) electrons. The Balaban J connectivity index is 1.59. The van der Waals surface area contributed by atoms with E-state index in [1.54, 1.807) is 0 Å². The van der Waals surface area contributed by atoms with Crippen LogP contribution in [0.15, 0.2) is 24.8 Å². The first-order valence-corrected chi connectivity index (χ1v) is 8.04. The molecule has 0 unspecified atom stereocenters. The van der Waals surface area contributed by atoms with Gasteiger partial charge in [0, 0.05) is 25.4 Å². The summed E-state index contributed by atoms with van der Waals surface area (Å²) in [5.74, 6) is 0. The van der Waals surface area contributed by atoms with E-state index >= 15 is 0 Å². The zero-order valence-corrected chi connectivity index (χ0v) is 12.8. The van der Waals surface area contributed by atoms with E-state index < -0.39 is 0 Å². The van der Waals surface area contributed by atoms with Crippen molar-refractivity contribution in [1.29, 1.82) is 0 Å². The second kappa shape index (κ2) is 6.89. The Hall–Kier alpha value is -1.62. The summed E-state index contributed by atoms with van der Waals surface area (Å²) in [4.78, 5) is 4.43. The number of nitrogens with one attached hydrogen (secondary N) is 1. The maximum absolute atomic E-state index is 4.76. The summed E-state index contributed by atoms with van der Waals surface area (Å²) in [6, 6.07) is 2.75. The van der Waals surface area contributed by atoms with Gasteiger partial charge < -0.3 is 9.88 Å². The summed E-state index contributed by atoms with van der Waals surface area (Å²) >= 11 is 0. The van der Waals surface area contributed by atoms with Gasteiger partial charge in [-0.05, 0) is 26.0 Å². The van der Waals surface area contributed by atoms with Crippen molar-refractivity contribution >= 4 is 0 Å². The number of aromatic nitrogens is 4. The zero-order chi connectivity index (χ0) is 14.5. The molecule has 1 aliphatic rings. The molecule has 2 aromatic heterocycles. The molecular weight excluding hydrogens is 262 g/mol. The van der Waals surface area contributed by atoms with Gasteiger partial charge in [-0.15, -0.1) is 0 Å². The number of hydrogen-bond acceptors (Lipinski definition) is 3. The van der Waals surface area contributed by atoms with Crippen LogP contribution in [0.5, 0.6) is 0 Å². The standard InChI is InChI=1S/C16H25N5/c1-17-9-7-14-11-20(13-18-14)12-15-8-10-21(19-15)16-5-3-2-4-6-16/h8,10-11,13,16-17H,2-7,9,12H2,1H3. The molecule has 2 heterocycles. The van der Waals surface area contributed by atoms with E-state index in [9.17, 15) is 0 Å². The molecule has 0 atom stereocenters. The molecule has 1 aliphatic carbocycles. The van der Waals surface area contributed by atoms with Crippen LogP contribution >= 0.6 is 0 Å². The van der Waals surface area contributed by atoms with E-state index in [2.05, 4.69) is 38.0 Å². The Kier molecular flexibility index (Phi) is 4.70. The fourth-order valence-electron chi connectivity index (χ4n) is 3.07. The quantitative estimate of drug-likeness (QED) is 0.887. The van der Waals surface area contributed by atoms with Crippen LogP contribution in [-0.2, 0) is 13.0 Å². The van der Waals surface area contributed by atoms with E-state index in [0.29, 0.717) is 6.04 Å². The summed E-state index contributed by atoms with van der Waals surface area (Å²) in [5, 5.41) is 7.91. The van der Waals surface area contributed by atoms with Crippen molar-refractivity contribution in [3.63, 3.8) is 0 Å². The molecule has 2 aromatic rings. The van der Waals surface area contributed by atoms with Crippen molar-refractivity contribution in [2.45, 2.75) is 51.1 Å². The lowest BCUT2D eigenvalue weighted by atomic mass is 9.96. The van der Waals surface area contributed by atoms with Gasteiger partial charge >= 0.3 is 0 Å². The van der Waals surface area contributed by atoms with Gasteiger partial charge in [-0.2, -0.15) is 5.10 Å². The minimum absolute atomic E-state index is 0.612. The van der Waals surface area contributed by atoms with Gasteiger partial charge in [0.25, 0.3) is 0 Å². The highest BCUT2D eigenvalue weighted by molar-refractivity contribution is 5.04. The van der Waals surface area contributed by atoms with Crippen LogP contribution in [0.25, 0.3) is 0 Å². The number of hydrogen-bond donors (Lipinski definition) is 1. The monoisotopic (exact) mass is 287 g/mol. The van der Waals surface area contributed by atoms with Crippen molar-refractivity contribution < 1.29 is 0 Å². The number of imidazole rings is 1. The largest absolute Gasteiger partial charge is 0.331 e. The first-order valence-electron chi connectivity index (χ1n) is 8.04. The lowest BCUT2D eigenvalue weighted by molar-refractivity contribution is 0.328. The van der Waals surface area contributed by atoms with Gasteiger partial charge in [0.2, 0.25) is 0 Å². The highest BCUT2D eigenvalue weighted by Gasteiger charge is 2.16. The van der Waals surface area contributed by atoms with Crippen molar-refractivity contribution in [3.05, 3.63) is 36.2 Å². The normalized spacial score (nSPS) is 16.4. The number of nitrogens with zero attached hydrogens (tertiary/aromatic N) is 4. The first kappa shape index (κ1) is 14.3. The highest BCUT2D eigenvalue weighted by Crippen LogP contribution is 2.27.